The van der Waals surface area contributed by atoms with E-state index in [0.29, 0.717) is 12.8 Å². The van der Waals surface area contributed by atoms with Gasteiger partial charge in [-0.25, -0.2) is 0 Å². The Morgan fingerprint density at radius 2 is 1.36 bits per heavy atom. The monoisotopic (exact) mass is 913 g/mol. The van der Waals surface area contributed by atoms with Gasteiger partial charge < -0.3 is 84.6 Å². The molecule has 3 saturated carbocycles. The van der Waals surface area contributed by atoms with Crippen LogP contribution in [0.25, 0.3) is 0 Å². The second-order valence-electron chi connectivity index (χ2n) is 22.6. The average Bonchev–Trinajstić information content (AvgIpc) is 3.24. The first kappa shape index (κ1) is 49.2. The van der Waals surface area contributed by atoms with E-state index in [-0.39, 0.29) is 46.7 Å². The molecule has 366 valence electrons. The highest BCUT2D eigenvalue weighted by Crippen LogP contribution is 2.74. The summed E-state index contributed by atoms with van der Waals surface area (Å²) in [5.41, 5.74) is 0.229. The SMILES string of the molecule is C[C@H]1O[C@@H](O[C@H]2CC[C@@]3(C)[C@@H](CC[C@]4(C)[C@@H]3C=CC3=C5CC(C)(C)CC[C@]5(CO)[C@@H](O)C[C@]34C)[C@]2(C)CO)[C@H](O)[C@@H](O[C@@H]2O[C@H](CO)[C@@H](O[C@@H]3OC[C@@H](O)[C@H](O)[C@H]3O)[C@H](O)[C@H]2O)[C@H]1O. The first-order valence-electron chi connectivity index (χ1n) is 23.6. The Kier molecular flexibility index (Phi) is 13.3. The summed E-state index contributed by atoms with van der Waals surface area (Å²) in [6.07, 6.45) is -12.1. The van der Waals surface area contributed by atoms with Crippen molar-refractivity contribution < 1.29 is 84.6 Å². The predicted octanol–water partition coefficient (Wildman–Crippen LogP) is 0.144. The molecule has 0 aromatic heterocycles. The first-order valence-corrected chi connectivity index (χ1v) is 23.6. The molecule has 8 aliphatic rings. The summed E-state index contributed by atoms with van der Waals surface area (Å²) in [6.45, 7) is 13.7. The molecule has 64 heavy (non-hydrogen) atoms. The van der Waals surface area contributed by atoms with Crippen molar-refractivity contribution in [3.63, 3.8) is 0 Å². The van der Waals surface area contributed by atoms with Gasteiger partial charge in [-0.2, -0.15) is 0 Å². The molecule has 3 saturated heterocycles. The van der Waals surface area contributed by atoms with Crippen LogP contribution in [0.1, 0.15) is 99.8 Å². The zero-order valence-corrected chi connectivity index (χ0v) is 38.4. The lowest BCUT2D eigenvalue weighted by molar-refractivity contribution is -0.379. The van der Waals surface area contributed by atoms with Crippen LogP contribution in [0.3, 0.4) is 0 Å². The van der Waals surface area contributed by atoms with Crippen LogP contribution in [-0.2, 0) is 28.4 Å². The zero-order chi connectivity index (χ0) is 46.7. The normalized spacial score (nSPS) is 55.0. The van der Waals surface area contributed by atoms with Crippen LogP contribution in [0, 0.1) is 44.3 Å². The molecule has 0 amide bonds. The van der Waals surface area contributed by atoms with Gasteiger partial charge in [0.05, 0.1) is 44.7 Å². The van der Waals surface area contributed by atoms with E-state index < -0.39 is 122 Å². The smallest absolute Gasteiger partial charge is 0.187 e. The minimum absolute atomic E-state index is 0.0231. The topological polar surface area (TPSA) is 278 Å². The Hall–Kier alpha value is -1.20. The van der Waals surface area contributed by atoms with Gasteiger partial charge in [0.2, 0.25) is 0 Å². The van der Waals surface area contributed by atoms with Crippen molar-refractivity contribution in [1.29, 1.82) is 0 Å². The van der Waals surface area contributed by atoms with Crippen LogP contribution >= 0.6 is 0 Å². The largest absolute Gasteiger partial charge is 0.396 e. The van der Waals surface area contributed by atoms with E-state index in [4.69, 9.17) is 28.4 Å². The molecule has 11 N–H and O–H groups in total. The third-order valence-electron chi connectivity index (χ3n) is 18.6. The van der Waals surface area contributed by atoms with Crippen molar-refractivity contribution in [3.05, 3.63) is 23.3 Å². The van der Waals surface area contributed by atoms with Crippen molar-refractivity contribution in [2.24, 2.45) is 44.3 Å². The molecule has 17 heteroatoms. The van der Waals surface area contributed by atoms with Gasteiger partial charge in [0.1, 0.15) is 61.0 Å². The second-order valence-corrected chi connectivity index (χ2v) is 22.6. The van der Waals surface area contributed by atoms with E-state index >= 15 is 0 Å². The lowest BCUT2D eigenvalue weighted by Gasteiger charge is -2.70. The summed E-state index contributed by atoms with van der Waals surface area (Å²) in [5, 5.41) is 120. The highest BCUT2D eigenvalue weighted by Gasteiger charge is 2.69. The molecule has 3 aliphatic heterocycles. The third kappa shape index (κ3) is 7.45. The van der Waals surface area contributed by atoms with Crippen LogP contribution in [0.15, 0.2) is 23.3 Å². The van der Waals surface area contributed by atoms with E-state index in [9.17, 15) is 56.2 Å². The summed E-state index contributed by atoms with van der Waals surface area (Å²) in [7, 11) is 0. The van der Waals surface area contributed by atoms with E-state index in [1.54, 1.807) is 6.92 Å². The van der Waals surface area contributed by atoms with Gasteiger partial charge in [0.15, 0.2) is 18.9 Å². The Balaban J connectivity index is 0.997. The molecule has 23 atom stereocenters. The molecule has 0 radical (unpaired) electrons. The summed E-state index contributed by atoms with van der Waals surface area (Å²) in [6, 6.07) is 0. The number of aliphatic hydroxyl groups excluding tert-OH is 11. The molecule has 0 aromatic carbocycles. The summed E-state index contributed by atoms with van der Waals surface area (Å²) < 4.78 is 35.5. The van der Waals surface area contributed by atoms with Gasteiger partial charge in [-0.1, -0.05) is 59.3 Å². The molecule has 0 unspecified atom stereocenters. The fourth-order valence-corrected chi connectivity index (χ4v) is 14.3. The maximum Gasteiger partial charge on any atom is 0.187 e. The minimum Gasteiger partial charge on any atom is -0.396 e. The average molecular weight is 913 g/mol. The summed E-state index contributed by atoms with van der Waals surface area (Å²) in [5.74, 6) is 0.0737. The van der Waals surface area contributed by atoms with Crippen LogP contribution in [-0.4, -0.2) is 181 Å². The predicted molar refractivity (Wildman–Crippen MR) is 225 cm³/mol. The van der Waals surface area contributed by atoms with Gasteiger partial charge in [-0.15, -0.1) is 0 Å². The number of ether oxygens (including phenoxy) is 6. The molecular weight excluding hydrogens is 837 g/mol. The molecule has 0 aromatic rings. The second kappa shape index (κ2) is 17.3. The molecule has 0 bridgehead atoms. The molecule has 3 heterocycles. The maximum atomic E-state index is 12.0. The molecule has 17 nitrogen and oxygen atoms in total. The van der Waals surface area contributed by atoms with Gasteiger partial charge in [0, 0.05) is 16.2 Å². The number of hydrogen-bond donors (Lipinski definition) is 11. The molecule has 8 rings (SSSR count). The number of aliphatic hydroxyl groups is 11. The molecule has 5 aliphatic carbocycles. The Morgan fingerprint density at radius 1 is 0.688 bits per heavy atom. The Morgan fingerprint density at radius 3 is 2.03 bits per heavy atom. The van der Waals surface area contributed by atoms with Crippen molar-refractivity contribution >= 4 is 0 Å². The third-order valence-corrected chi connectivity index (χ3v) is 18.6. The highest BCUT2D eigenvalue weighted by atomic mass is 16.8. The Bertz CT molecular complexity index is 1760. The fraction of sp³-hybridized carbons (Fsp3) is 0.915. The summed E-state index contributed by atoms with van der Waals surface area (Å²) in [4.78, 5) is 0. The number of fused-ring (bicyclic) bond motifs is 6. The van der Waals surface area contributed by atoms with Crippen LogP contribution < -0.4 is 0 Å². The minimum atomic E-state index is -1.86. The van der Waals surface area contributed by atoms with E-state index in [1.807, 2.05) is 6.92 Å². The zero-order valence-electron chi connectivity index (χ0n) is 38.4. The van der Waals surface area contributed by atoms with Gasteiger partial charge in [-0.05, 0) is 91.9 Å². The molecule has 6 fully saturated rings. The van der Waals surface area contributed by atoms with Crippen LogP contribution in [0.5, 0.6) is 0 Å². The Labute approximate surface area is 376 Å². The van der Waals surface area contributed by atoms with E-state index in [0.717, 1.165) is 38.5 Å². The van der Waals surface area contributed by atoms with E-state index in [1.165, 1.54) is 11.1 Å². The quantitative estimate of drug-likeness (QED) is 0.137. The maximum absolute atomic E-state index is 12.0. The van der Waals surface area contributed by atoms with Crippen molar-refractivity contribution in [2.75, 3.05) is 26.4 Å². The van der Waals surface area contributed by atoms with Crippen molar-refractivity contribution in [1.82, 2.24) is 0 Å². The standard InChI is InChI=1S/C47H76O17/c1-22-31(53)38(64-40-35(57)33(55)37(26(18-48)61-40)63-39-34(56)32(54)25(51)19-59-39)36(58)41(60-22)62-30-11-12-43(4)27(44(30,5)20-49)10-13-45(6)28(43)9-8-23-24-16-42(2,3)14-15-47(24,21-50)29(52)17-46(23,45)7/h8-9,22,25-41,48-58H,10-21H2,1-7H3/t22-,25-,26-,27-,28-,29+,30+,31+,32+,33-,34-,35-,36-,37-,38+,39+,40+,41+,43+,44+,45-,46-,47-/m1/s1. The van der Waals surface area contributed by atoms with Crippen LogP contribution in [0.4, 0.5) is 0 Å². The van der Waals surface area contributed by atoms with E-state index in [2.05, 4.69) is 46.8 Å². The summed E-state index contributed by atoms with van der Waals surface area (Å²) >= 11 is 0. The fourth-order valence-electron chi connectivity index (χ4n) is 14.3. The molecule has 0 spiro atoms. The molecular formula is C47H76O17. The lowest BCUT2D eigenvalue weighted by atomic mass is 9.35. The van der Waals surface area contributed by atoms with Crippen molar-refractivity contribution in [2.45, 2.75) is 198 Å². The highest BCUT2D eigenvalue weighted by molar-refractivity contribution is 5.47. The van der Waals surface area contributed by atoms with Crippen LogP contribution in [0.2, 0.25) is 0 Å². The van der Waals surface area contributed by atoms with Gasteiger partial charge >= 0.3 is 0 Å². The first-order chi connectivity index (χ1) is 30.0. The lowest BCUT2D eigenvalue weighted by Crippen LogP contribution is -2.67. The number of hydrogen-bond acceptors (Lipinski definition) is 17. The number of allylic oxidation sites excluding steroid dienone is 3. The van der Waals surface area contributed by atoms with Crippen molar-refractivity contribution in [3.8, 4) is 0 Å². The number of rotatable bonds is 9. The van der Waals surface area contributed by atoms with Gasteiger partial charge in [-0.3, -0.25) is 0 Å². The van der Waals surface area contributed by atoms with Gasteiger partial charge in [0.25, 0.3) is 0 Å².